The van der Waals surface area contributed by atoms with Gasteiger partial charge in [-0.15, -0.1) is 12.4 Å². The van der Waals surface area contributed by atoms with Crippen LogP contribution >= 0.6 is 12.4 Å². The van der Waals surface area contributed by atoms with Crippen LogP contribution in [-0.2, 0) is 10.0 Å². The number of aromatic nitrogens is 1. The molecule has 1 fully saturated rings. The number of ether oxygens (including phenoxy) is 1. The molecule has 0 radical (unpaired) electrons. The monoisotopic (exact) mass is 307 g/mol. The Kier molecular flexibility index (Phi) is 5.99. The fourth-order valence-corrected chi connectivity index (χ4v) is 3.10. The van der Waals surface area contributed by atoms with E-state index in [1.807, 2.05) is 0 Å². The van der Waals surface area contributed by atoms with Gasteiger partial charge in [0.2, 0.25) is 15.9 Å². The van der Waals surface area contributed by atoms with Crippen LogP contribution in [0, 0.1) is 0 Å². The standard InChI is InChI=1S/C11H17N3O3S.ClH/c1-17-11-5-4-10(8-13-11)18(15,16)14-9-3-2-6-12-7-9;/h4-5,8-9,12,14H,2-3,6-7H2,1H3;1H/t9-;/m0./s1. The van der Waals surface area contributed by atoms with Crippen molar-refractivity contribution in [1.82, 2.24) is 15.0 Å². The molecular formula is C11H18ClN3O3S. The van der Waals surface area contributed by atoms with Gasteiger partial charge in [0.1, 0.15) is 4.90 Å². The first-order valence-electron chi connectivity index (χ1n) is 5.85. The predicted molar refractivity (Wildman–Crippen MR) is 74.3 cm³/mol. The van der Waals surface area contributed by atoms with Crippen molar-refractivity contribution in [3.63, 3.8) is 0 Å². The number of pyridine rings is 1. The second-order valence-corrected chi connectivity index (χ2v) is 5.91. The number of nitrogens with one attached hydrogen (secondary N) is 2. The summed E-state index contributed by atoms with van der Waals surface area (Å²) in [7, 11) is -2.00. The highest BCUT2D eigenvalue weighted by atomic mass is 35.5. The molecule has 2 N–H and O–H groups in total. The van der Waals surface area contributed by atoms with E-state index in [0.717, 1.165) is 19.4 Å². The van der Waals surface area contributed by atoms with Crippen LogP contribution in [0.25, 0.3) is 0 Å². The van der Waals surface area contributed by atoms with Crippen LogP contribution in [0.15, 0.2) is 23.2 Å². The zero-order valence-corrected chi connectivity index (χ0v) is 12.3. The molecule has 6 nitrogen and oxygen atoms in total. The fourth-order valence-electron chi connectivity index (χ4n) is 1.89. The molecule has 0 amide bonds. The molecule has 1 atom stereocenters. The van der Waals surface area contributed by atoms with Crippen molar-refractivity contribution in [2.24, 2.45) is 0 Å². The maximum atomic E-state index is 12.1. The van der Waals surface area contributed by atoms with E-state index >= 15 is 0 Å². The summed E-state index contributed by atoms with van der Waals surface area (Å²) in [5.74, 6) is 0.397. The number of halogens is 1. The van der Waals surface area contributed by atoms with Crippen molar-refractivity contribution in [2.75, 3.05) is 20.2 Å². The highest BCUT2D eigenvalue weighted by Gasteiger charge is 2.21. The van der Waals surface area contributed by atoms with Crippen molar-refractivity contribution in [1.29, 1.82) is 0 Å². The van der Waals surface area contributed by atoms with Crippen LogP contribution in [0.1, 0.15) is 12.8 Å². The van der Waals surface area contributed by atoms with Crippen molar-refractivity contribution < 1.29 is 13.2 Å². The molecule has 0 aliphatic carbocycles. The van der Waals surface area contributed by atoms with Crippen LogP contribution in [0.3, 0.4) is 0 Å². The molecule has 1 aromatic rings. The summed E-state index contributed by atoms with van der Waals surface area (Å²) in [6, 6.07) is 2.98. The maximum absolute atomic E-state index is 12.1. The van der Waals surface area contributed by atoms with Crippen LogP contribution in [0.4, 0.5) is 0 Å². The van der Waals surface area contributed by atoms with Gasteiger partial charge in [0.15, 0.2) is 0 Å². The third kappa shape index (κ3) is 4.31. The van der Waals surface area contributed by atoms with E-state index in [0.29, 0.717) is 12.4 Å². The summed E-state index contributed by atoms with van der Waals surface area (Å²) >= 11 is 0. The average molecular weight is 308 g/mol. The zero-order valence-electron chi connectivity index (χ0n) is 10.6. The summed E-state index contributed by atoms with van der Waals surface area (Å²) in [6.07, 6.45) is 3.14. The number of rotatable bonds is 4. The number of piperidine rings is 1. The largest absolute Gasteiger partial charge is 0.481 e. The molecule has 1 aliphatic rings. The topological polar surface area (TPSA) is 80.3 Å². The van der Waals surface area contributed by atoms with Gasteiger partial charge in [0.05, 0.1) is 13.3 Å². The number of hydrogen-bond acceptors (Lipinski definition) is 5. The minimum atomic E-state index is -3.49. The van der Waals surface area contributed by atoms with Gasteiger partial charge in [-0.25, -0.2) is 18.1 Å². The summed E-state index contributed by atoms with van der Waals surface area (Å²) < 4.78 is 31.7. The van der Waals surface area contributed by atoms with E-state index in [1.165, 1.54) is 25.4 Å². The Hall–Kier alpha value is -0.890. The molecule has 8 heteroatoms. The van der Waals surface area contributed by atoms with Crippen LogP contribution in [0.2, 0.25) is 0 Å². The predicted octanol–water partition coefficient (Wildman–Crippen LogP) is 0.542. The van der Waals surface area contributed by atoms with Gasteiger partial charge < -0.3 is 10.1 Å². The lowest BCUT2D eigenvalue weighted by molar-refractivity contribution is 0.397. The van der Waals surface area contributed by atoms with Crippen molar-refractivity contribution in [2.45, 2.75) is 23.8 Å². The van der Waals surface area contributed by atoms with E-state index in [9.17, 15) is 8.42 Å². The third-order valence-corrected chi connectivity index (χ3v) is 4.35. The second-order valence-electron chi connectivity index (χ2n) is 4.20. The van der Waals surface area contributed by atoms with Crippen LogP contribution in [-0.4, -0.2) is 39.6 Å². The Morgan fingerprint density at radius 1 is 1.47 bits per heavy atom. The minimum Gasteiger partial charge on any atom is -0.481 e. The molecule has 0 bridgehead atoms. The minimum absolute atomic E-state index is 0. The Morgan fingerprint density at radius 2 is 2.26 bits per heavy atom. The van der Waals surface area contributed by atoms with Crippen LogP contribution < -0.4 is 14.8 Å². The Bertz CT molecular complexity index is 486. The van der Waals surface area contributed by atoms with Crippen molar-refractivity contribution in [3.05, 3.63) is 18.3 Å². The van der Waals surface area contributed by atoms with Crippen molar-refractivity contribution >= 4 is 22.4 Å². The summed E-state index contributed by atoms with van der Waals surface area (Å²) in [5.41, 5.74) is 0. The van der Waals surface area contributed by atoms with E-state index in [1.54, 1.807) is 0 Å². The Balaban J connectivity index is 0.00000180. The summed E-state index contributed by atoms with van der Waals surface area (Å²) in [4.78, 5) is 4.06. The number of methoxy groups -OCH3 is 1. The van der Waals surface area contributed by atoms with E-state index < -0.39 is 10.0 Å². The molecule has 1 aromatic heterocycles. The second kappa shape index (κ2) is 7.04. The third-order valence-electron chi connectivity index (χ3n) is 2.85. The Morgan fingerprint density at radius 3 is 2.79 bits per heavy atom. The zero-order chi connectivity index (χ0) is 13.0. The highest BCUT2D eigenvalue weighted by Crippen LogP contribution is 2.13. The van der Waals surface area contributed by atoms with Gasteiger partial charge in [-0.05, 0) is 25.5 Å². The van der Waals surface area contributed by atoms with E-state index in [4.69, 9.17) is 4.74 Å². The SMILES string of the molecule is COc1ccc(S(=O)(=O)N[C@H]2CCCNC2)cn1.Cl. The number of hydrogen-bond donors (Lipinski definition) is 2. The first kappa shape index (κ1) is 16.2. The molecule has 2 rings (SSSR count). The van der Waals surface area contributed by atoms with E-state index in [-0.39, 0.29) is 23.3 Å². The fraction of sp³-hybridized carbons (Fsp3) is 0.545. The molecule has 19 heavy (non-hydrogen) atoms. The van der Waals surface area contributed by atoms with Gasteiger partial charge >= 0.3 is 0 Å². The first-order chi connectivity index (χ1) is 8.62. The Labute approximate surface area is 119 Å². The molecule has 0 unspecified atom stereocenters. The lowest BCUT2D eigenvalue weighted by Gasteiger charge is -2.23. The highest BCUT2D eigenvalue weighted by molar-refractivity contribution is 7.89. The molecule has 0 spiro atoms. The van der Waals surface area contributed by atoms with Gasteiger partial charge in [-0.3, -0.25) is 0 Å². The van der Waals surface area contributed by atoms with Gasteiger partial charge in [0, 0.05) is 18.7 Å². The molecule has 1 saturated heterocycles. The molecule has 0 saturated carbocycles. The van der Waals surface area contributed by atoms with Crippen LogP contribution in [0.5, 0.6) is 5.88 Å². The smallest absolute Gasteiger partial charge is 0.242 e. The van der Waals surface area contributed by atoms with Crippen molar-refractivity contribution in [3.8, 4) is 5.88 Å². The van der Waals surface area contributed by atoms with E-state index in [2.05, 4.69) is 15.0 Å². The first-order valence-corrected chi connectivity index (χ1v) is 7.33. The summed E-state index contributed by atoms with van der Waals surface area (Å²) in [6.45, 7) is 1.62. The van der Waals surface area contributed by atoms with Gasteiger partial charge in [0.25, 0.3) is 0 Å². The molecule has 0 aromatic carbocycles. The molecular weight excluding hydrogens is 290 g/mol. The molecule has 2 heterocycles. The molecule has 1 aliphatic heterocycles. The maximum Gasteiger partial charge on any atom is 0.242 e. The quantitative estimate of drug-likeness (QED) is 0.849. The number of sulfonamides is 1. The normalized spacial score (nSPS) is 19.5. The lowest BCUT2D eigenvalue weighted by atomic mass is 10.1. The average Bonchev–Trinajstić information content (AvgIpc) is 2.39. The lowest BCUT2D eigenvalue weighted by Crippen LogP contribution is -2.45. The molecule has 108 valence electrons. The number of nitrogens with zero attached hydrogens (tertiary/aromatic N) is 1. The van der Waals surface area contributed by atoms with Gasteiger partial charge in [-0.2, -0.15) is 0 Å². The van der Waals surface area contributed by atoms with Gasteiger partial charge in [-0.1, -0.05) is 0 Å². The summed E-state index contributed by atoms with van der Waals surface area (Å²) in [5, 5.41) is 3.16.